The highest BCUT2D eigenvalue weighted by Crippen LogP contribution is 2.39. The van der Waals surface area contributed by atoms with E-state index in [0.29, 0.717) is 24.7 Å². The van der Waals surface area contributed by atoms with Crippen LogP contribution in [0, 0.1) is 11.8 Å². The molecule has 7 heteroatoms. The van der Waals surface area contributed by atoms with Gasteiger partial charge in [0, 0.05) is 0 Å². The van der Waals surface area contributed by atoms with Gasteiger partial charge in [-0.05, 0) is 43.2 Å². The van der Waals surface area contributed by atoms with Crippen LogP contribution in [-0.2, 0) is 9.59 Å². The predicted octanol–water partition coefficient (Wildman–Crippen LogP) is 2.08. The van der Waals surface area contributed by atoms with E-state index in [0.717, 1.165) is 11.3 Å². The first-order chi connectivity index (χ1) is 11.8. The van der Waals surface area contributed by atoms with E-state index in [2.05, 4.69) is 24.5 Å². The van der Waals surface area contributed by atoms with E-state index in [1.54, 1.807) is 18.2 Å². The number of carbonyl (C=O) groups is 3. The lowest BCUT2D eigenvalue weighted by Gasteiger charge is -2.37. The molecule has 0 aromatic heterocycles. The summed E-state index contributed by atoms with van der Waals surface area (Å²) < 4.78 is 0. The van der Waals surface area contributed by atoms with Crippen molar-refractivity contribution >= 4 is 23.5 Å². The molecule has 2 fully saturated rings. The van der Waals surface area contributed by atoms with Gasteiger partial charge in [0.25, 0.3) is 5.91 Å². The van der Waals surface area contributed by atoms with Gasteiger partial charge in [-0.3, -0.25) is 14.5 Å². The van der Waals surface area contributed by atoms with Crippen molar-refractivity contribution < 1.29 is 19.5 Å². The maximum atomic E-state index is 12.9. The molecule has 1 saturated carbocycles. The van der Waals surface area contributed by atoms with Crippen molar-refractivity contribution in [1.29, 1.82) is 0 Å². The lowest BCUT2D eigenvalue weighted by atomic mass is 9.71. The number of benzene rings is 1. The first kappa shape index (κ1) is 17.3. The quantitative estimate of drug-likeness (QED) is 0.577. The Bertz CT molecular complexity index is 708. The number of imide groups is 1. The minimum Gasteiger partial charge on any atom is -0.506 e. The van der Waals surface area contributed by atoms with Gasteiger partial charge in [-0.25, -0.2) is 4.79 Å². The first-order valence-corrected chi connectivity index (χ1v) is 8.53. The maximum absolute atomic E-state index is 12.9. The Hall–Kier alpha value is -2.57. The fraction of sp³-hybridized carbons (Fsp3) is 0.500. The molecule has 1 saturated heterocycles. The Morgan fingerprint density at radius 2 is 1.92 bits per heavy atom. The largest absolute Gasteiger partial charge is 0.506 e. The lowest BCUT2D eigenvalue weighted by molar-refractivity contribution is -0.135. The van der Waals surface area contributed by atoms with Crippen molar-refractivity contribution in [2.24, 2.45) is 11.8 Å². The van der Waals surface area contributed by atoms with Crippen LogP contribution in [0.3, 0.4) is 0 Å². The second kappa shape index (κ2) is 6.38. The maximum Gasteiger partial charge on any atom is 0.325 e. The fourth-order valence-electron chi connectivity index (χ4n) is 4.14. The van der Waals surface area contributed by atoms with Crippen molar-refractivity contribution in [3.63, 3.8) is 0 Å². The van der Waals surface area contributed by atoms with Crippen molar-refractivity contribution in [3.8, 4) is 5.75 Å². The molecule has 2 aliphatic rings. The van der Waals surface area contributed by atoms with Crippen molar-refractivity contribution in [3.05, 3.63) is 24.3 Å². The highest BCUT2D eigenvalue weighted by Gasteiger charge is 2.54. The Balaban J connectivity index is 1.71. The smallest absolute Gasteiger partial charge is 0.325 e. The molecule has 1 spiro atoms. The third kappa shape index (κ3) is 3.31. The lowest BCUT2D eigenvalue weighted by Crippen LogP contribution is -2.52. The second-order valence-electron chi connectivity index (χ2n) is 7.32. The molecular formula is C18H23N3O4. The third-order valence-corrected chi connectivity index (χ3v) is 4.92. The summed E-state index contributed by atoms with van der Waals surface area (Å²) in [7, 11) is 0. The Kier molecular flexibility index (Phi) is 4.41. The van der Waals surface area contributed by atoms with Crippen LogP contribution in [0.25, 0.3) is 0 Å². The number of carbonyl (C=O) groups excluding carboxylic acids is 3. The number of urea groups is 1. The summed E-state index contributed by atoms with van der Waals surface area (Å²) in [6, 6.07) is 5.77. The molecule has 3 N–H and O–H groups in total. The molecule has 1 aromatic rings. The number of nitrogens with zero attached hydrogens (tertiary/aromatic N) is 1. The zero-order valence-corrected chi connectivity index (χ0v) is 14.4. The highest BCUT2D eigenvalue weighted by molar-refractivity contribution is 6.10. The molecule has 0 bridgehead atoms. The summed E-state index contributed by atoms with van der Waals surface area (Å²) in [5, 5.41) is 15.0. The van der Waals surface area contributed by atoms with E-state index < -0.39 is 17.5 Å². The number of hydrogen-bond acceptors (Lipinski definition) is 4. The van der Waals surface area contributed by atoms with Gasteiger partial charge < -0.3 is 15.7 Å². The zero-order chi connectivity index (χ0) is 18.2. The molecule has 3 rings (SSSR count). The number of nitrogens with one attached hydrogen (secondary N) is 2. The van der Waals surface area contributed by atoms with E-state index in [4.69, 9.17) is 0 Å². The van der Waals surface area contributed by atoms with Crippen LogP contribution in [0.1, 0.15) is 33.1 Å². The molecule has 25 heavy (non-hydrogen) atoms. The molecule has 134 valence electrons. The van der Waals surface area contributed by atoms with Crippen LogP contribution in [0.15, 0.2) is 24.3 Å². The standard InChI is InChI=1S/C18H23N3O4/c1-11-7-12(2)9-18(8-11)16(24)21(17(25)20-18)10-15(23)19-13-5-3-4-6-14(13)22/h3-6,11-12,22H,7-10H2,1-2H3,(H,19,23)(H,20,25). The van der Waals surface area contributed by atoms with Crippen molar-refractivity contribution in [2.45, 2.75) is 38.6 Å². The van der Waals surface area contributed by atoms with Gasteiger partial charge >= 0.3 is 6.03 Å². The SMILES string of the molecule is CC1CC(C)CC2(C1)NC(=O)N(CC(=O)Nc1ccccc1O)C2=O. The molecule has 1 aliphatic carbocycles. The van der Waals surface area contributed by atoms with Gasteiger partial charge in [0.05, 0.1) is 5.69 Å². The number of rotatable bonds is 3. The van der Waals surface area contributed by atoms with E-state index in [9.17, 15) is 19.5 Å². The van der Waals surface area contributed by atoms with Gasteiger partial charge in [0.1, 0.15) is 17.8 Å². The summed E-state index contributed by atoms with van der Waals surface area (Å²) >= 11 is 0. The van der Waals surface area contributed by atoms with E-state index >= 15 is 0 Å². The summed E-state index contributed by atoms with van der Waals surface area (Å²) in [6.07, 6.45) is 2.22. The molecule has 7 nitrogen and oxygen atoms in total. The van der Waals surface area contributed by atoms with Gasteiger partial charge in [-0.15, -0.1) is 0 Å². The van der Waals surface area contributed by atoms with Crippen LogP contribution in [0.5, 0.6) is 5.75 Å². The monoisotopic (exact) mass is 345 g/mol. The average Bonchev–Trinajstić information content (AvgIpc) is 2.72. The van der Waals surface area contributed by atoms with Gasteiger partial charge in [0.15, 0.2) is 0 Å². The topological polar surface area (TPSA) is 98.7 Å². The van der Waals surface area contributed by atoms with E-state index in [1.165, 1.54) is 6.07 Å². The summed E-state index contributed by atoms with van der Waals surface area (Å²) in [5.74, 6) is -0.257. The van der Waals surface area contributed by atoms with Gasteiger partial charge in [-0.1, -0.05) is 26.0 Å². The molecule has 0 radical (unpaired) electrons. The Labute approximate surface area is 146 Å². The Morgan fingerprint density at radius 3 is 2.56 bits per heavy atom. The molecule has 1 aromatic carbocycles. The third-order valence-electron chi connectivity index (χ3n) is 4.92. The number of amides is 4. The minimum absolute atomic E-state index is 0.0700. The van der Waals surface area contributed by atoms with E-state index in [1.807, 2.05) is 0 Å². The van der Waals surface area contributed by atoms with E-state index in [-0.39, 0.29) is 23.9 Å². The normalized spacial score (nSPS) is 29.0. The van der Waals surface area contributed by atoms with Crippen LogP contribution in [0.4, 0.5) is 10.5 Å². The molecule has 2 atom stereocenters. The zero-order valence-electron chi connectivity index (χ0n) is 14.4. The number of phenols is 1. The number of para-hydroxylation sites is 2. The summed E-state index contributed by atoms with van der Waals surface area (Å²) in [4.78, 5) is 38.3. The molecule has 1 heterocycles. The summed E-state index contributed by atoms with van der Waals surface area (Å²) in [5.41, 5.74) is -0.641. The first-order valence-electron chi connectivity index (χ1n) is 8.53. The minimum atomic E-state index is -0.886. The summed E-state index contributed by atoms with van der Waals surface area (Å²) in [6.45, 7) is 3.78. The molecule has 4 amide bonds. The number of anilines is 1. The average molecular weight is 345 g/mol. The van der Waals surface area contributed by atoms with Crippen LogP contribution in [0.2, 0.25) is 0 Å². The predicted molar refractivity (Wildman–Crippen MR) is 91.9 cm³/mol. The van der Waals surface area contributed by atoms with Crippen LogP contribution >= 0.6 is 0 Å². The number of phenolic OH excluding ortho intramolecular Hbond substituents is 1. The van der Waals surface area contributed by atoms with Gasteiger partial charge in [-0.2, -0.15) is 0 Å². The Morgan fingerprint density at radius 1 is 1.28 bits per heavy atom. The molecule has 2 unspecified atom stereocenters. The number of aromatic hydroxyl groups is 1. The fourth-order valence-corrected chi connectivity index (χ4v) is 4.14. The molecule has 1 aliphatic heterocycles. The van der Waals surface area contributed by atoms with Crippen LogP contribution in [-0.4, -0.2) is 39.9 Å². The van der Waals surface area contributed by atoms with Gasteiger partial charge in [0.2, 0.25) is 5.91 Å². The van der Waals surface area contributed by atoms with Crippen molar-refractivity contribution in [2.75, 3.05) is 11.9 Å². The van der Waals surface area contributed by atoms with Crippen LogP contribution < -0.4 is 10.6 Å². The second-order valence-corrected chi connectivity index (χ2v) is 7.32. The van der Waals surface area contributed by atoms with Crippen molar-refractivity contribution in [1.82, 2.24) is 10.2 Å². The number of hydrogen-bond donors (Lipinski definition) is 3. The highest BCUT2D eigenvalue weighted by atomic mass is 16.3. The molecular weight excluding hydrogens is 322 g/mol.